The summed E-state index contributed by atoms with van der Waals surface area (Å²) in [5.41, 5.74) is 0. The van der Waals surface area contributed by atoms with E-state index in [0.29, 0.717) is 6.42 Å². The van der Waals surface area contributed by atoms with Crippen LogP contribution in [-0.4, -0.2) is 31.3 Å². The summed E-state index contributed by atoms with van der Waals surface area (Å²) in [6, 6.07) is -1.01. The van der Waals surface area contributed by atoms with Gasteiger partial charge in [0.05, 0.1) is 5.75 Å². The summed E-state index contributed by atoms with van der Waals surface area (Å²) in [7, 11) is -3.44. The average molecular weight is 223 g/mol. The van der Waals surface area contributed by atoms with E-state index in [4.69, 9.17) is 5.11 Å². The highest BCUT2D eigenvalue weighted by atomic mass is 32.2. The quantitative estimate of drug-likeness (QED) is 0.683. The zero-order chi connectivity index (χ0) is 11.4. The van der Waals surface area contributed by atoms with Crippen LogP contribution in [0.5, 0.6) is 0 Å². The van der Waals surface area contributed by atoms with Crippen molar-refractivity contribution in [3.05, 3.63) is 0 Å². The van der Waals surface area contributed by atoms with Crippen LogP contribution < -0.4 is 4.72 Å². The van der Waals surface area contributed by atoms with E-state index in [0.717, 1.165) is 0 Å². The Bertz CT molecular complexity index is 284. The van der Waals surface area contributed by atoms with Crippen molar-refractivity contribution in [2.24, 2.45) is 5.92 Å². The van der Waals surface area contributed by atoms with Gasteiger partial charge in [0.25, 0.3) is 0 Å². The molecule has 1 atom stereocenters. The monoisotopic (exact) mass is 223 g/mol. The van der Waals surface area contributed by atoms with E-state index in [1.165, 1.54) is 6.92 Å². The molecule has 0 amide bonds. The minimum absolute atomic E-state index is 0.102. The molecule has 0 aromatic heterocycles. The van der Waals surface area contributed by atoms with Gasteiger partial charge in [0, 0.05) is 0 Å². The highest BCUT2D eigenvalue weighted by molar-refractivity contribution is 7.89. The zero-order valence-corrected chi connectivity index (χ0v) is 9.47. The fourth-order valence-corrected chi connectivity index (χ4v) is 1.77. The van der Waals surface area contributed by atoms with E-state index < -0.39 is 22.0 Å². The Morgan fingerprint density at radius 2 is 1.93 bits per heavy atom. The molecular formula is C8H17NO4S. The van der Waals surface area contributed by atoms with Crippen molar-refractivity contribution in [1.82, 2.24) is 4.72 Å². The summed E-state index contributed by atoms with van der Waals surface area (Å²) >= 11 is 0. The van der Waals surface area contributed by atoms with Gasteiger partial charge in [-0.05, 0) is 19.3 Å². The minimum Gasteiger partial charge on any atom is -0.480 e. The van der Waals surface area contributed by atoms with Crippen molar-refractivity contribution in [1.29, 1.82) is 0 Å². The van der Waals surface area contributed by atoms with Gasteiger partial charge in [-0.3, -0.25) is 4.79 Å². The molecule has 0 heterocycles. The molecule has 6 heteroatoms. The van der Waals surface area contributed by atoms with Crippen LogP contribution in [0.1, 0.15) is 27.2 Å². The maximum atomic E-state index is 11.1. The van der Waals surface area contributed by atoms with E-state index in [9.17, 15) is 13.2 Å². The molecule has 0 aliphatic carbocycles. The third-order valence-electron chi connectivity index (χ3n) is 1.71. The number of carboxylic acid groups (broad SMARTS) is 1. The van der Waals surface area contributed by atoms with Gasteiger partial charge in [-0.2, -0.15) is 0 Å². The topological polar surface area (TPSA) is 83.5 Å². The molecule has 84 valence electrons. The van der Waals surface area contributed by atoms with Gasteiger partial charge in [0.1, 0.15) is 6.04 Å². The van der Waals surface area contributed by atoms with Crippen molar-refractivity contribution in [2.75, 3.05) is 5.75 Å². The Balaban J connectivity index is 4.46. The van der Waals surface area contributed by atoms with Crippen molar-refractivity contribution >= 4 is 16.0 Å². The number of hydrogen-bond donors (Lipinski definition) is 2. The Hall–Kier alpha value is -0.620. The molecule has 1 unspecified atom stereocenters. The molecule has 0 aliphatic rings. The van der Waals surface area contributed by atoms with Crippen molar-refractivity contribution in [3.63, 3.8) is 0 Å². The molecule has 0 bridgehead atoms. The predicted molar refractivity (Wildman–Crippen MR) is 53.5 cm³/mol. The lowest BCUT2D eigenvalue weighted by atomic mass is 10.1. The van der Waals surface area contributed by atoms with Crippen LogP contribution in [0.3, 0.4) is 0 Å². The van der Waals surface area contributed by atoms with Crippen molar-refractivity contribution < 1.29 is 18.3 Å². The number of hydrogen-bond acceptors (Lipinski definition) is 3. The number of carboxylic acids is 1. The smallest absolute Gasteiger partial charge is 0.321 e. The van der Waals surface area contributed by atoms with Crippen LogP contribution in [0.25, 0.3) is 0 Å². The lowest BCUT2D eigenvalue weighted by molar-refractivity contribution is -0.139. The second-order valence-corrected chi connectivity index (χ2v) is 5.58. The van der Waals surface area contributed by atoms with E-state index >= 15 is 0 Å². The van der Waals surface area contributed by atoms with Gasteiger partial charge < -0.3 is 5.11 Å². The first kappa shape index (κ1) is 13.4. The van der Waals surface area contributed by atoms with Crippen LogP contribution in [0.15, 0.2) is 0 Å². The molecule has 0 saturated heterocycles. The number of sulfonamides is 1. The molecule has 0 aromatic rings. The lowest BCUT2D eigenvalue weighted by Gasteiger charge is -2.15. The van der Waals surface area contributed by atoms with Crippen LogP contribution in [0.4, 0.5) is 0 Å². The normalized spacial score (nSPS) is 14.3. The van der Waals surface area contributed by atoms with Gasteiger partial charge >= 0.3 is 5.97 Å². The van der Waals surface area contributed by atoms with Gasteiger partial charge in [0.15, 0.2) is 0 Å². The molecular weight excluding hydrogens is 206 g/mol. The number of aliphatic carboxylic acids is 1. The first-order valence-electron chi connectivity index (χ1n) is 4.51. The number of nitrogens with one attached hydrogen (secondary N) is 1. The summed E-state index contributed by atoms with van der Waals surface area (Å²) in [6.45, 7) is 5.16. The first-order chi connectivity index (χ1) is 6.28. The third-order valence-corrected chi connectivity index (χ3v) is 3.11. The number of rotatable bonds is 6. The Morgan fingerprint density at radius 1 is 1.43 bits per heavy atom. The van der Waals surface area contributed by atoms with Crippen molar-refractivity contribution in [3.8, 4) is 0 Å². The third kappa shape index (κ3) is 5.18. The minimum atomic E-state index is -3.44. The molecule has 0 aromatic carbocycles. The average Bonchev–Trinajstić information content (AvgIpc) is 2.02. The fraction of sp³-hybridized carbons (Fsp3) is 0.875. The molecule has 0 saturated carbocycles. The van der Waals surface area contributed by atoms with Crippen molar-refractivity contribution in [2.45, 2.75) is 33.2 Å². The van der Waals surface area contributed by atoms with Gasteiger partial charge in [-0.1, -0.05) is 13.8 Å². The van der Waals surface area contributed by atoms with E-state index in [1.807, 2.05) is 13.8 Å². The molecule has 14 heavy (non-hydrogen) atoms. The maximum absolute atomic E-state index is 11.1. The standard InChI is InChI=1S/C8H17NO4S/c1-4-14(12,13)9-7(8(10)11)5-6(2)3/h6-7,9H,4-5H2,1-3H3,(H,10,11). The predicted octanol–water partition coefficient (Wildman–Crippen LogP) is 0.425. The Kier molecular flexibility index (Phi) is 5.07. The molecule has 0 aliphatic heterocycles. The summed E-state index contributed by atoms with van der Waals surface area (Å²) in [5, 5.41) is 8.75. The molecule has 2 N–H and O–H groups in total. The zero-order valence-electron chi connectivity index (χ0n) is 8.65. The van der Waals surface area contributed by atoms with E-state index in [2.05, 4.69) is 4.72 Å². The largest absolute Gasteiger partial charge is 0.480 e. The highest BCUT2D eigenvalue weighted by Crippen LogP contribution is 2.06. The Labute approximate surface area is 84.6 Å². The summed E-state index contributed by atoms with van der Waals surface area (Å²) in [5.74, 6) is -1.10. The fourth-order valence-electron chi connectivity index (χ4n) is 0.971. The molecule has 0 rings (SSSR count). The molecule has 5 nitrogen and oxygen atoms in total. The second kappa shape index (κ2) is 5.31. The maximum Gasteiger partial charge on any atom is 0.321 e. The second-order valence-electron chi connectivity index (χ2n) is 3.54. The summed E-state index contributed by atoms with van der Waals surface area (Å²) in [6.07, 6.45) is 0.300. The van der Waals surface area contributed by atoms with Crippen LogP contribution in [-0.2, 0) is 14.8 Å². The first-order valence-corrected chi connectivity index (χ1v) is 6.16. The van der Waals surface area contributed by atoms with Crippen LogP contribution in [0.2, 0.25) is 0 Å². The molecule has 0 fully saturated rings. The summed E-state index contributed by atoms with van der Waals surface area (Å²) in [4.78, 5) is 10.7. The van der Waals surface area contributed by atoms with E-state index in [-0.39, 0.29) is 11.7 Å². The SMILES string of the molecule is CCS(=O)(=O)NC(CC(C)C)C(=O)O. The van der Waals surface area contributed by atoms with E-state index in [1.54, 1.807) is 0 Å². The summed E-state index contributed by atoms with van der Waals surface area (Å²) < 4.78 is 24.4. The lowest BCUT2D eigenvalue weighted by Crippen LogP contribution is -2.42. The van der Waals surface area contributed by atoms with Gasteiger partial charge in [0.2, 0.25) is 10.0 Å². The van der Waals surface area contributed by atoms with Gasteiger partial charge in [-0.25, -0.2) is 13.1 Å². The van der Waals surface area contributed by atoms with Crippen LogP contribution >= 0.6 is 0 Å². The van der Waals surface area contributed by atoms with Gasteiger partial charge in [-0.15, -0.1) is 0 Å². The molecule has 0 spiro atoms. The van der Waals surface area contributed by atoms with Crippen LogP contribution in [0, 0.1) is 5.92 Å². The highest BCUT2D eigenvalue weighted by Gasteiger charge is 2.23. The number of carbonyl (C=O) groups is 1. The molecule has 0 radical (unpaired) electrons. The Morgan fingerprint density at radius 3 is 2.21 bits per heavy atom.